The van der Waals surface area contributed by atoms with Crippen LogP contribution in [0, 0.1) is 5.41 Å². The highest BCUT2D eigenvalue weighted by molar-refractivity contribution is 6.32. The van der Waals surface area contributed by atoms with Gasteiger partial charge < -0.3 is 19.5 Å². The molecule has 0 aliphatic carbocycles. The van der Waals surface area contributed by atoms with Gasteiger partial charge in [-0.25, -0.2) is 0 Å². The average Bonchev–Trinajstić information content (AvgIpc) is 3.18. The van der Waals surface area contributed by atoms with Crippen molar-refractivity contribution in [3.05, 3.63) is 64.3 Å². The number of hydrogen-bond acceptors (Lipinski definition) is 5. The lowest BCUT2D eigenvalue weighted by Gasteiger charge is -2.28. The second kappa shape index (κ2) is 6.78. The normalized spacial score (nSPS) is 17.7. The van der Waals surface area contributed by atoms with Crippen molar-refractivity contribution >= 4 is 23.3 Å². The van der Waals surface area contributed by atoms with Crippen LogP contribution < -0.4 is 0 Å². The number of hydrogen-bond donors (Lipinski definition) is 2. The molecule has 1 amide bonds. The first-order valence-corrected chi connectivity index (χ1v) is 8.78. The molecule has 2 aromatic rings. The van der Waals surface area contributed by atoms with E-state index in [0.717, 1.165) is 0 Å². The summed E-state index contributed by atoms with van der Waals surface area (Å²) in [6.45, 7) is 5.22. The molecule has 0 saturated carbocycles. The Bertz CT molecular complexity index is 924. The summed E-state index contributed by atoms with van der Waals surface area (Å²) >= 11 is 6.04. The molecule has 0 spiro atoms. The van der Waals surface area contributed by atoms with E-state index >= 15 is 0 Å². The molecule has 1 aliphatic rings. The summed E-state index contributed by atoms with van der Waals surface area (Å²) in [5, 5.41) is 20.3. The standard InChI is InChI=1S/C20H20ClNO5/c1-20(2,3)18(25)15-16(11-6-7-14(23)13(21)9-11)22(19(26)17(15)24)10-12-5-4-8-27-12/h4-9,16,23-24H,10H2,1-3H3. The third kappa shape index (κ3) is 3.45. The molecule has 0 bridgehead atoms. The molecule has 0 saturated heterocycles. The lowest BCUT2D eigenvalue weighted by atomic mass is 9.82. The molecule has 1 aliphatic heterocycles. The third-order valence-electron chi connectivity index (χ3n) is 4.42. The summed E-state index contributed by atoms with van der Waals surface area (Å²) in [6, 6.07) is 7.00. The number of rotatable bonds is 4. The molecule has 1 aromatic heterocycles. The average molecular weight is 390 g/mol. The number of benzene rings is 1. The number of Topliss-reactive ketones (excluding diaryl/α,β-unsaturated/α-hetero) is 1. The summed E-state index contributed by atoms with van der Waals surface area (Å²) in [5.41, 5.74) is -0.279. The molecule has 27 heavy (non-hydrogen) atoms. The van der Waals surface area contributed by atoms with E-state index in [0.29, 0.717) is 11.3 Å². The maximum absolute atomic E-state index is 13.0. The van der Waals surface area contributed by atoms with Gasteiger partial charge in [-0.05, 0) is 29.8 Å². The molecule has 3 rings (SSSR count). The Balaban J connectivity index is 2.13. The predicted molar refractivity (Wildman–Crippen MR) is 99.2 cm³/mol. The van der Waals surface area contributed by atoms with Crippen molar-refractivity contribution in [1.29, 1.82) is 0 Å². The molecule has 6 nitrogen and oxygen atoms in total. The van der Waals surface area contributed by atoms with Gasteiger partial charge in [-0.15, -0.1) is 0 Å². The number of amides is 1. The minimum Gasteiger partial charge on any atom is -0.506 e. The maximum Gasteiger partial charge on any atom is 0.290 e. The van der Waals surface area contributed by atoms with Gasteiger partial charge in [0.25, 0.3) is 5.91 Å². The number of halogens is 1. The van der Waals surface area contributed by atoms with Gasteiger partial charge in [0.05, 0.1) is 29.4 Å². The van der Waals surface area contributed by atoms with Crippen molar-refractivity contribution in [2.24, 2.45) is 5.41 Å². The SMILES string of the molecule is CC(C)(C)C(=O)C1=C(O)C(=O)N(Cc2ccco2)C1c1ccc(O)c(Cl)c1. The Morgan fingerprint density at radius 3 is 2.52 bits per heavy atom. The summed E-state index contributed by atoms with van der Waals surface area (Å²) in [6.07, 6.45) is 1.48. The lowest BCUT2D eigenvalue weighted by molar-refractivity contribution is -0.130. The van der Waals surface area contributed by atoms with E-state index in [1.54, 1.807) is 39.0 Å². The zero-order valence-corrected chi connectivity index (χ0v) is 15.9. The Hall–Kier alpha value is -2.73. The second-order valence-corrected chi connectivity index (χ2v) is 7.87. The smallest absolute Gasteiger partial charge is 0.290 e. The van der Waals surface area contributed by atoms with Gasteiger partial charge in [0.15, 0.2) is 11.5 Å². The van der Waals surface area contributed by atoms with Crippen LogP contribution in [-0.2, 0) is 16.1 Å². The van der Waals surface area contributed by atoms with Gasteiger partial charge in [-0.3, -0.25) is 9.59 Å². The van der Waals surface area contributed by atoms with Gasteiger partial charge in [0, 0.05) is 5.41 Å². The third-order valence-corrected chi connectivity index (χ3v) is 4.73. The molecule has 1 unspecified atom stereocenters. The van der Waals surface area contributed by atoms with Crippen LogP contribution in [-0.4, -0.2) is 26.8 Å². The summed E-state index contributed by atoms with van der Waals surface area (Å²) < 4.78 is 5.32. The van der Waals surface area contributed by atoms with Crippen molar-refractivity contribution in [1.82, 2.24) is 4.90 Å². The Morgan fingerprint density at radius 1 is 1.26 bits per heavy atom. The van der Waals surface area contributed by atoms with E-state index in [2.05, 4.69) is 0 Å². The number of phenolic OH excluding ortho intramolecular Hbond substituents is 1. The lowest BCUT2D eigenvalue weighted by Crippen LogP contribution is -2.32. The van der Waals surface area contributed by atoms with Gasteiger partial charge in [0.1, 0.15) is 11.5 Å². The predicted octanol–water partition coefficient (Wildman–Crippen LogP) is 4.15. The van der Waals surface area contributed by atoms with E-state index in [-0.39, 0.29) is 28.7 Å². The van der Waals surface area contributed by atoms with Gasteiger partial charge in [-0.1, -0.05) is 38.4 Å². The number of furan rings is 1. The Labute approximate surface area is 161 Å². The van der Waals surface area contributed by atoms with Gasteiger partial charge in [0.2, 0.25) is 0 Å². The molecule has 1 aromatic carbocycles. The highest BCUT2D eigenvalue weighted by atomic mass is 35.5. The number of phenols is 1. The largest absolute Gasteiger partial charge is 0.506 e. The first-order valence-electron chi connectivity index (χ1n) is 8.41. The number of carbonyl (C=O) groups is 2. The first-order chi connectivity index (χ1) is 12.6. The highest BCUT2D eigenvalue weighted by Crippen LogP contribution is 2.43. The number of ketones is 1. The minimum atomic E-state index is -0.840. The van der Waals surface area contributed by atoms with Gasteiger partial charge in [-0.2, -0.15) is 0 Å². The molecular formula is C20H20ClNO5. The van der Waals surface area contributed by atoms with E-state index < -0.39 is 23.1 Å². The molecule has 0 fully saturated rings. The van der Waals surface area contributed by atoms with Gasteiger partial charge >= 0.3 is 0 Å². The zero-order valence-electron chi connectivity index (χ0n) is 15.2. The van der Waals surface area contributed by atoms with Crippen LogP contribution >= 0.6 is 11.6 Å². The molecule has 7 heteroatoms. The number of aliphatic hydroxyl groups excluding tert-OH is 1. The zero-order chi connectivity index (χ0) is 19.9. The first kappa shape index (κ1) is 19.0. The van der Waals surface area contributed by atoms with Crippen molar-refractivity contribution in [3.63, 3.8) is 0 Å². The topological polar surface area (TPSA) is 91.0 Å². The molecule has 0 radical (unpaired) electrons. The van der Waals surface area contributed by atoms with Crippen LogP contribution in [0.5, 0.6) is 5.75 Å². The maximum atomic E-state index is 13.0. The van der Waals surface area contributed by atoms with Crippen LogP contribution in [0.2, 0.25) is 5.02 Å². The van der Waals surface area contributed by atoms with Crippen LogP contribution in [0.1, 0.15) is 38.1 Å². The fourth-order valence-corrected chi connectivity index (χ4v) is 3.25. The molecular weight excluding hydrogens is 370 g/mol. The van der Waals surface area contributed by atoms with Crippen LogP contribution in [0.15, 0.2) is 52.3 Å². The van der Waals surface area contributed by atoms with E-state index in [1.165, 1.54) is 23.3 Å². The summed E-state index contributed by atoms with van der Waals surface area (Å²) in [4.78, 5) is 27.1. The number of carbonyl (C=O) groups excluding carboxylic acids is 2. The van der Waals surface area contributed by atoms with E-state index in [9.17, 15) is 19.8 Å². The van der Waals surface area contributed by atoms with Crippen molar-refractivity contribution in [3.8, 4) is 5.75 Å². The van der Waals surface area contributed by atoms with Crippen LogP contribution in [0.3, 0.4) is 0 Å². The van der Waals surface area contributed by atoms with Crippen molar-refractivity contribution in [2.45, 2.75) is 33.4 Å². The highest BCUT2D eigenvalue weighted by Gasteiger charge is 2.46. The summed E-state index contributed by atoms with van der Waals surface area (Å²) in [7, 11) is 0. The van der Waals surface area contributed by atoms with Crippen molar-refractivity contribution in [2.75, 3.05) is 0 Å². The van der Waals surface area contributed by atoms with Crippen LogP contribution in [0.4, 0.5) is 0 Å². The van der Waals surface area contributed by atoms with Crippen LogP contribution in [0.25, 0.3) is 0 Å². The monoisotopic (exact) mass is 389 g/mol. The molecule has 1 atom stereocenters. The number of nitrogens with zero attached hydrogens (tertiary/aromatic N) is 1. The quantitative estimate of drug-likeness (QED) is 0.819. The Kier molecular flexibility index (Phi) is 4.78. The molecule has 2 N–H and O–H groups in total. The summed E-state index contributed by atoms with van der Waals surface area (Å²) in [5.74, 6) is -1.18. The fraction of sp³-hybridized carbons (Fsp3) is 0.300. The minimum absolute atomic E-state index is 0.0146. The molecule has 142 valence electrons. The number of aromatic hydroxyl groups is 1. The number of aliphatic hydroxyl groups is 1. The van der Waals surface area contributed by atoms with E-state index in [4.69, 9.17) is 16.0 Å². The second-order valence-electron chi connectivity index (χ2n) is 7.47. The van der Waals surface area contributed by atoms with Crippen molar-refractivity contribution < 1.29 is 24.2 Å². The Morgan fingerprint density at radius 2 is 1.96 bits per heavy atom. The molecule has 2 heterocycles. The fourth-order valence-electron chi connectivity index (χ4n) is 3.06. The van der Waals surface area contributed by atoms with E-state index in [1.807, 2.05) is 0 Å².